The summed E-state index contributed by atoms with van der Waals surface area (Å²) in [4.78, 5) is 27.9. The van der Waals surface area contributed by atoms with Crippen LogP contribution in [-0.2, 0) is 20.8 Å². The third-order valence-corrected chi connectivity index (χ3v) is 6.27. The number of carbonyl (C=O) groups excluding carboxylic acids is 1. The Balaban J connectivity index is 1.30. The highest BCUT2D eigenvalue weighted by Gasteiger charge is 2.59. The summed E-state index contributed by atoms with van der Waals surface area (Å²) in [6, 6.07) is 6.92. The third kappa shape index (κ3) is 6.06. The van der Waals surface area contributed by atoms with Crippen molar-refractivity contribution in [1.82, 2.24) is 9.55 Å². The van der Waals surface area contributed by atoms with Crippen LogP contribution in [0.2, 0.25) is 0 Å². The van der Waals surface area contributed by atoms with Crippen LogP contribution in [0.5, 0.6) is 5.75 Å². The average molecular weight is 575 g/mol. The lowest BCUT2D eigenvalue weighted by Gasteiger charge is -2.39. The van der Waals surface area contributed by atoms with Crippen molar-refractivity contribution in [2.75, 3.05) is 18.5 Å². The van der Waals surface area contributed by atoms with Gasteiger partial charge in [-0.1, -0.05) is 12.1 Å². The fourth-order valence-electron chi connectivity index (χ4n) is 4.03. The number of nitrogens with zero attached hydrogens (tertiary/aromatic N) is 2. The van der Waals surface area contributed by atoms with Crippen LogP contribution in [0, 0.1) is 0 Å². The van der Waals surface area contributed by atoms with Gasteiger partial charge in [-0.05, 0) is 23.8 Å². The topological polar surface area (TPSA) is 222 Å². The predicted octanol–water partition coefficient (Wildman–Crippen LogP) is -1.94. The highest BCUT2D eigenvalue weighted by Crippen LogP contribution is 2.42. The van der Waals surface area contributed by atoms with E-state index in [4.69, 9.17) is 24.1 Å². The number of hydrogen-bond donors (Lipinski definition) is 7. The monoisotopic (exact) mass is 575 g/mol. The molecule has 4 rings (SSSR count). The van der Waals surface area contributed by atoms with E-state index in [1.54, 1.807) is 0 Å². The van der Waals surface area contributed by atoms with Crippen molar-refractivity contribution in [2.24, 2.45) is 0 Å². The minimum atomic E-state index is -3.89. The van der Waals surface area contributed by atoms with Gasteiger partial charge in [-0.25, -0.2) is 9.59 Å². The number of aliphatic hydroxyl groups is 6. The summed E-state index contributed by atoms with van der Waals surface area (Å²) in [6.07, 6.45) is -13.5. The zero-order valence-corrected chi connectivity index (χ0v) is 20.5. The molecule has 7 N–H and O–H groups in total. The van der Waals surface area contributed by atoms with Crippen molar-refractivity contribution < 1.29 is 63.2 Å². The van der Waals surface area contributed by atoms with Crippen LogP contribution in [0.4, 0.5) is 19.4 Å². The molecule has 0 aliphatic carbocycles. The maximum Gasteiger partial charge on any atom is 0.413 e. The fourth-order valence-corrected chi connectivity index (χ4v) is 4.03. The van der Waals surface area contributed by atoms with E-state index in [-0.39, 0.29) is 18.2 Å². The minimum Gasteiger partial charge on any atom is -0.462 e. The SMILES string of the molecule is O=C(Nc1ccn([C@@H]2O[C@H](CO)C(O)C2(F)F)c(=O)n1)OCc1ccc(O[C@@H]2OC(CO)[C@H](O)[C@H](O)C2O)cc1. The van der Waals surface area contributed by atoms with Crippen LogP contribution in [0.3, 0.4) is 0 Å². The van der Waals surface area contributed by atoms with E-state index >= 15 is 0 Å². The molecule has 3 unspecified atom stereocenters. The molecule has 2 aliphatic heterocycles. The Kier molecular flexibility index (Phi) is 8.96. The van der Waals surface area contributed by atoms with Crippen molar-refractivity contribution in [3.8, 4) is 5.75 Å². The first kappa shape index (κ1) is 29.7. The summed E-state index contributed by atoms with van der Waals surface area (Å²) in [5, 5.41) is 59.8. The lowest BCUT2D eigenvalue weighted by Crippen LogP contribution is -2.60. The quantitative estimate of drug-likeness (QED) is 0.182. The first-order valence-electron chi connectivity index (χ1n) is 11.9. The van der Waals surface area contributed by atoms with Crippen LogP contribution >= 0.6 is 0 Å². The molecule has 0 saturated carbocycles. The summed E-state index contributed by atoms with van der Waals surface area (Å²) in [5.74, 6) is -4.01. The number of ether oxygens (including phenoxy) is 4. The van der Waals surface area contributed by atoms with E-state index in [0.717, 1.165) is 12.3 Å². The average Bonchev–Trinajstić information content (AvgIpc) is 3.16. The van der Waals surface area contributed by atoms with Gasteiger partial charge in [0.2, 0.25) is 12.5 Å². The van der Waals surface area contributed by atoms with Crippen LogP contribution in [0.1, 0.15) is 11.8 Å². The highest BCUT2D eigenvalue weighted by molar-refractivity contribution is 5.83. The first-order chi connectivity index (χ1) is 19.0. The van der Waals surface area contributed by atoms with Gasteiger partial charge in [0.25, 0.3) is 0 Å². The number of aliphatic hydroxyl groups excluding tert-OH is 6. The Morgan fingerprint density at radius 2 is 1.68 bits per heavy atom. The molecule has 2 saturated heterocycles. The molecule has 0 bridgehead atoms. The fraction of sp³-hybridized carbons (Fsp3) is 0.522. The van der Waals surface area contributed by atoms with Gasteiger partial charge in [-0.3, -0.25) is 9.88 Å². The maximum absolute atomic E-state index is 14.3. The van der Waals surface area contributed by atoms with E-state index in [1.165, 1.54) is 24.3 Å². The Bertz CT molecular complexity index is 1230. The molecule has 2 aliphatic rings. The zero-order valence-electron chi connectivity index (χ0n) is 20.5. The molecule has 3 heterocycles. The summed E-state index contributed by atoms with van der Waals surface area (Å²) in [5.41, 5.74) is -0.736. The molecule has 15 nitrogen and oxygen atoms in total. The molecular weight excluding hydrogens is 548 g/mol. The van der Waals surface area contributed by atoms with E-state index < -0.39 is 80.1 Å². The summed E-state index contributed by atoms with van der Waals surface area (Å²) in [6.45, 7) is -1.75. The standard InChI is InChI=1S/C23H27F2N3O12/c24-23(25)18(34)13(8-30)40-20(23)28-6-5-14(26-21(28)35)27-22(36)37-9-10-1-3-11(4-2-10)38-19-17(33)16(32)15(31)12(7-29)39-19/h1-6,12-13,15-20,29-34H,7-9H2,(H,26,27,35,36)/t12?,13-,15+,16+,17?,18?,19-,20-/m1/s1. The number of benzene rings is 1. The van der Waals surface area contributed by atoms with Gasteiger partial charge in [-0.2, -0.15) is 13.8 Å². The van der Waals surface area contributed by atoms with E-state index in [2.05, 4.69) is 10.3 Å². The van der Waals surface area contributed by atoms with Crippen LogP contribution in [0.25, 0.3) is 0 Å². The Hall–Kier alpha value is -3.29. The van der Waals surface area contributed by atoms with Crippen molar-refractivity contribution in [1.29, 1.82) is 0 Å². The largest absolute Gasteiger partial charge is 0.462 e. The number of rotatable bonds is 8. The first-order valence-corrected chi connectivity index (χ1v) is 11.9. The predicted molar refractivity (Wildman–Crippen MR) is 125 cm³/mol. The van der Waals surface area contributed by atoms with Gasteiger partial charge in [-0.15, -0.1) is 0 Å². The number of halogens is 2. The molecule has 1 amide bonds. The van der Waals surface area contributed by atoms with Gasteiger partial charge in [0.05, 0.1) is 13.2 Å². The second kappa shape index (κ2) is 12.1. The molecule has 2 fully saturated rings. The molecule has 40 heavy (non-hydrogen) atoms. The lowest BCUT2D eigenvalue weighted by atomic mass is 9.99. The van der Waals surface area contributed by atoms with E-state index in [0.29, 0.717) is 10.1 Å². The van der Waals surface area contributed by atoms with Gasteiger partial charge in [0.1, 0.15) is 48.7 Å². The molecular formula is C23H27F2N3O12. The van der Waals surface area contributed by atoms with Crippen molar-refractivity contribution in [3.05, 3.63) is 52.6 Å². The lowest BCUT2D eigenvalue weighted by molar-refractivity contribution is -0.277. The minimum absolute atomic E-state index is 0.192. The van der Waals surface area contributed by atoms with Crippen molar-refractivity contribution in [3.63, 3.8) is 0 Å². The Labute approximate surface area is 223 Å². The molecule has 2 aromatic rings. The Morgan fingerprint density at radius 3 is 2.27 bits per heavy atom. The molecule has 0 spiro atoms. The van der Waals surface area contributed by atoms with E-state index in [9.17, 15) is 43.9 Å². The smallest absolute Gasteiger partial charge is 0.413 e. The summed E-state index contributed by atoms with van der Waals surface area (Å²) < 4.78 is 49.6. The van der Waals surface area contributed by atoms with Gasteiger partial charge in [0.15, 0.2) is 6.10 Å². The van der Waals surface area contributed by atoms with E-state index in [1.807, 2.05) is 0 Å². The molecule has 8 atom stereocenters. The van der Waals surface area contributed by atoms with Gasteiger partial charge >= 0.3 is 17.7 Å². The molecule has 0 radical (unpaired) electrons. The second-order valence-corrected chi connectivity index (χ2v) is 8.99. The number of carbonyl (C=O) groups is 1. The Morgan fingerprint density at radius 1 is 1.00 bits per heavy atom. The van der Waals surface area contributed by atoms with Gasteiger partial charge < -0.3 is 49.6 Å². The molecule has 1 aromatic carbocycles. The summed E-state index contributed by atoms with van der Waals surface area (Å²) >= 11 is 0. The number of nitrogens with one attached hydrogen (secondary N) is 1. The number of hydrogen-bond acceptors (Lipinski definition) is 13. The number of alkyl halides is 2. The van der Waals surface area contributed by atoms with Gasteiger partial charge in [0, 0.05) is 6.20 Å². The zero-order chi connectivity index (χ0) is 29.2. The van der Waals surface area contributed by atoms with Crippen LogP contribution in [0.15, 0.2) is 41.3 Å². The van der Waals surface area contributed by atoms with Crippen molar-refractivity contribution in [2.45, 2.75) is 61.7 Å². The molecule has 1 aromatic heterocycles. The number of aromatic nitrogens is 2. The highest BCUT2D eigenvalue weighted by atomic mass is 19.3. The second-order valence-electron chi connectivity index (χ2n) is 8.99. The molecule has 220 valence electrons. The number of amides is 1. The maximum atomic E-state index is 14.3. The summed E-state index contributed by atoms with van der Waals surface area (Å²) in [7, 11) is 0. The molecule has 17 heteroatoms. The number of anilines is 1. The van der Waals surface area contributed by atoms with Crippen LogP contribution in [-0.4, -0.2) is 108 Å². The third-order valence-electron chi connectivity index (χ3n) is 6.27. The normalized spacial score (nSPS) is 31.5. The van der Waals surface area contributed by atoms with Crippen molar-refractivity contribution >= 4 is 11.9 Å². The van der Waals surface area contributed by atoms with Crippen LogP contribution < -0.4 is 15.7 Å².